The van der Waals surface area contributed by atoms with Crippen LogP contribution < -0.4 is 0 Å². The molecular formula is C14H14N2O6S. The second-order valence-electron chi connectivity index (χ2n) is 5.60. The van der Waals surface area contributed by atoms with E-state index in [1.807, 2.05) is 0 Å². The Labute approximate surface area is 132 Å². The summed E-state index contributed by atoms with van der Waals surface area (Å²) in [7, 11) is -2.63. The number of rotatable bonds is 4. The van der Waals surface area contributed by atoms with Crippen molar-refractivity contribution in [1.29, 1.82) is 0 Å². The van der Waals surface area contributed by atoms with Crippen molar-refractivity contribution in [3.05, 3.63) is 29.3 Å². The van der Waals surface area contributed by atoms with Crippen molar-refractivity contribution in [2.75, 3.05) is 13.6 Å². The first-order valence-corrected chi connectivity index (χ1v) is 8.37. The van der Waals surface area contributed by atoms with E-state index in [0.717, 1.165) is 15.3 Å². The molecule has 23 heavy (non-hydrogen) atoms. The van der Waals surface area contributed by atoms with Gasteiger partial charge in [-0.25, -0.2) is 12.7 Å². The van der Waals surface area contributed by atoms with Gasteiger partial charge in [-0.2, -0.15) is 0 Å². The summed E-state index contributed by atoms with van der Waals surface area (Å²) in [4.78, 5) is 35.8. The van der Waals surface area contributed by atoms with Crippen LogP contribution >= 0.6 is 0 Å². The molecule has 1 aromatic rings. The summed E-state index contributed by atoms with van der Waals surface area (Å²) < 4.78 is 25.9. The van der Waals surface area contributed by atoms with Crippen LogP contribution in [-0.2, 0) is 14.8 Å². The van der Waals surface area contributed by atoms with Crippen LogP contribution in [0.2, 0.25) is 0 Å². The van der Waals surface area contributed by atoms with Gasteiger partial charge in [-0.05, 0) is 31.0 Å². The maximum absolute atomic E-state index is 12.5. The number of likely N-dealkylation sites (N-methyl/N-ethyl adjacent to an activating group) is 1. The van der Waals surface area contributed by atoms with E-state index in [0.29, 0.717) is 12.8 Å². The van der Waals surface area contributed by atoms with Crippen molar-refractivity contribution in [3.63, 3.8) is 0 Å². The Kier molecular flexibility index (Phi) is 3.40. The van der Waals surface area contributed by atoms with Crippen molar-refractivity contribution < 1.29 is 27.9 Å². The van der Waals surface area contributed by atoms with Gasteiger partial charge in [0.25, 0.3) is 21.8 Å². The topological polar surface area (TPSA) is 112 Å². The molecule has 0 unspecified atom stereocenters. The number of benzene rings is 1. The van der Waals surface area contributed by atoms with Crippen molar-refractivity contribution >= 4 is 27.8 Å². The monoisotopic (exact) mass is 338 g/mol. The highest BCUT2D eigenvalue weighted by Gasteiger charge is 2.48. The quantitative estimate of drug-likeness (QED) is 0.836. The fourth-order valence-electron chi connectivity index (χ4n) is 2.55. The van der Waals surface area contributed by atoms with E-state index < -0.39 is 34.4 Å². The molecule has 1 aliphatic carbocycles. The highest BCUT2D eigenvalue weighted by molar-refractivity contribution is 7.90. The number of aliphatic carboxylic acids is 1. The molecule has 3 rings (SSSR count). The lowest BCUT2D eigenvalue weighted by atomic mass is 10.1. The minimum atomic E-state index is -3.94. The van der Waals surface area contributed by atoms with Gasteiger partial charge in [0.05, 0.1) is 5.56 Å². The molecule has 0 saturated heterocycles. The minimum Gasteiger partial charge on any atom is -0.480 e. The molecule has 2 amide bonds. The molecule has 122 valence electrons. The highest BCUT2D eigenvalue weighted by atomic mass is 32.2. The van der Waals surface area contributed by atoms with Gasteiger partial charge in [0.15, 0.2) is 0 Å². The fraction of sp³-hybridized carbons (Fsp3) is 0.357. The number of fused-ring (bicyclic) bond motifs is 1. The Hall–Kier alpha value is -2.42. The van der Waals surface area contributed by atoms with Crippen LogP contribution in [0, 0.1) is 0 Å². The Morgan fingerprint density at radius 2 is 2.00 bits per heavy atom. The van der Waals surface area contributed by atoms with Crippen LogP contribution in [0.1, 0.15) is 33.6 Å². The van der Waals surface area contributed by atoms with Crippen LogP contribution in [0.15, 0.2) is 23.1 Å². The smallest absolute Gasteiger partial charge is 0.323 e. The van der Waals surface area contributed by atoms with Gasteiger partial charge in [-0.1, -0.05) is 0 Å². The van der Waals surface area contributed by atoms with E-state index in [4.69, 9.17) is 5.11 Å². The van der Waals surface area contributed by atoms with Gasteiger partial charge < -0.3 is 10.0 Å². The second kappa shape index (κ2) is 5.05. The molecule has 8 nitrogen and oxygen atoms in total. The minimum absolute atomic E-state index is 0.0292. The number of sulfonamides is 1. The van der Waals surface area contributed by atoms with Gasteiger partial charge in [0.1, 0.15) is 11.4 Å². The summed E-state index contributed by atoms with van der Waals surface area (Å²) >= 11 is 0. The molecule has 1 heterocycles. The summed E-state index contributed by atoms with van der Waals surface area (Å²) in [5.74, 6) is -2.37. The molecule has 1 aliphatic heterocycles. The van der Waals surface area contributed by atoms with Crippen molar-refractivity contribution in [2.45, 2.75) is 23.8 Å². The average Bonchev–Trinajstić information content (AvgIpc) is 3.26. The Balaban J connectivity index is 1.98. The molecule has 0 bridgehead atoms. The van der Waals surface area contributed by atoms with Gasteiger partial charge in [-0.15, -0.1) is 0 Å². The number of carbonyl (C=O) groups excluding carboxylic acids is 2. The maximum atomic E-state index is 12.5. The third-order valence-electron chi connectivity index (χ3n) is 3.79. The molecule has 1 aromatic carbocycles. The van der Waals surface area contributed by atoms with E-state index >= 15 is 0 Å². The predicted molar refractivity (Wildman–Crippen MR) is 77.4 cm³/mol. The summed E-state index contributed by atoms with van der Waals surface area (Å²) in [5.41, 5.74) is 0.0795. The van der Waals surface area contributed by atoms with Crippen LogP contribution in [0.3, 0.4) is 0 Å². The van der Waals surface area contributed by atoms with Crippen molar-refractivity contribution in [1.82, 2.24) is 9.21 Å². The molecule has 1 saturated carbocycles. The van der Waals surface area contributed by atoms with Crippen LogP contribution in [0.25, 0.3) is 0 Å². The Bertz CT molecular complexity index is 828. The fourth-order valence-corrected chi connectivity index (χ4v) is 4.39. The number of hydrogen-bond donors (Lipinski definition) is 1. The van der Waals surface area contributed by atoms with Gasteiger partial charge in [-0.3, -0.25) is 14.4 Å². The average molecular weight is 338 g/mol. The number of carboxylic acid groups (broad SMARTS) is 1. The number of nitrogens with zero attached hydrogens (tertiary/aromatic N) is 2. The molecule has 1 fully saturated rings. The van der Waals surface area contributed by atoms with E-state index in [1.54, 1.807) is 0 Å². The molecule has 0 atom stereocenters. The maximum Gasteiger partial charge on any atom is 0.323 e. The zero-order valence-corrected chi connectivity index (χ0v) is 13.0. The summed E-state index contributed by atoms with van der Waals surface area (Å²) in [6.45, 7) is -0.504. The van der Waals surface area contributed by atoms with Gasteiger partial charge in [0, 0.05) is 18.7 Å². The third kappa shape index (κ3) is 2.46. The lowest BCUT2D eigenvalue weighted by Gasteiger charge is -2.15. The zero-order valence-electron chi connectivity index (χ0n) is 12.2. The predicted octanol–water partition coefficient (Wildman–Crippen LogP) is 0.150. The van der Waals surface area contributed by atoms with Crippen molar-refractivity contribution in [3.8, 4) is 0 Å². The highest BCUT2D eigenvalue weighted by Crippen LogP contribution is 2.39. The van der Waals surface area contributed by atoms with E-state index in [-0.39, 0.29) is 22.1 Å². The van der Waals surface area contributed by atoms with Gasteiger partial charge >= 0.3 is 5.97 Å². The summed E-state index contributed by atoms with van der Waals surface area (Å²) in [6, 6.07) is 3.49. The zero-order chi connectivity index (χ0) is 16.9. The molecule has 1 N–H and O–H groups in total. The molecular weight excluding hydrogens is 324 g/mol. The van der Waals surface area contributed by atoms with E-state index in [9.17, 15) is 22.8 Å². The number of hydrogen-bond acceptors (Lipinski definition) is 5. The first kappa shape index (κ1) is 15.5. The molecule has 0 aromatic heterocycles. The third-order valence-corrected chi connectivity index (χ3v) is 5.67. The number of carbonyl (C=O) groups is 3. The summed E-state index contributed by atoms with van der Waals surface area (Å²) in [6.07, 6.45) is 1.29. The molecule has 0 spiro atoms. The second-order valence-corrected chi connectivity index (χ2v) is 7.39. The first-order valence-electron chi connectivity index (χ1n) is 6.93. The lowest BCUT2D eigenvalue weighted by Crippen LogP contribution is -2.32. The molecule has 9 heteroatoms. The van der Waals surface area contributed by atoms with Crippen LogP contribution in [-0.4, -0.2) is 60.1 Å². The van der Waals surface area contributed by atoms with Crippen LogP contribution in [0.5, 0.6) is 0 Å². The normalized spacial score (nSPS) is 18.7. The van der Waals surface area contributed by atoms with Crippen LogP contribution in [0.4, 0.5) is 0 Å². The Morgan fingerprint density at radius 1 is 1.35 bits per heavy atom. The van der Waals surface area contributed by atoms with Gasteiger partial charge in [0.2, 0.25) is 0 Å². The van der Waals surface area contributed by atoms with Crippen molar-refractivity contribution in [2.24, 2.45) is 0 Å². The van der Waals surface area contributed by atoms with E-state index in [2.05, 4.69) is 0 Å². The Morgan fingerprint density at radius 3 is 2.57 bits per heavy atom. The lowest BCUT2D eigenvalue weighted by molar-refractivity contribution is -0.137. The number of amides is 2. The standard InChI is InChI=1S/C14H14N2O6S/c1-15(7-12(17)18)13(19)8-2-5-10-11(6-8)23(21,22)16(14(10)20)9-3-4-9/h2,5-6,9H,3-4,7H2,1H3,(H,17,18). The summed E-state index contributed by atoms with van der Waals surface area (Å²) in [5, 5.41) is 8.71. The largest absolute Gasteiger partial charge is 0.480 e. The number of carboxylic acids is 1. The molecule has 2 aliphatic rings. The van der Waals surface area contributed by atoms with E-state index in [1.165, 1.54) is 19.2 Å². The first-order chi connectivity index (χ1) is 10.7. The SMILES string of the molecule is CN(CC(=O)O)C(=O)c1ccc2c(c1)S(=O)(=O)N(C1CC1)C2=O. The molecule has 0 radical (unpaired) electrons.